The average Bonchev–Trinajstić information content (AvgIpc) is 2.92. The van der Waals surface area contributed by atoms with Gasteiger partial charge in [0.15, 0.2) is 0 Å². The molecule has 0 aliphatic heterocycles. The summed E-state index contributed by atoms with van der Waals surface area (Å²) in [5, 5.41) is 13.6. The van der Waals surface area contributed by atoms with E-state index in [9.17, 15) is 4.79 Å². The number of aryl methyl sites for hydroxylation is 2. The van der Waals surface area contributed by atoms with Gasteiger partial charge in [-0.3, -0.25) is 14.6 Å². The molecule has 0 atom stereocenters. The maximum Gasteiger partial charge on any atom is 0.271 e. The third kappa shape index (κ3) is 2.53. The van der Waals surface area contributed by atoms with Gasteiger partial charge in [-0.25, -0.2) is 0 Å². The number of aromatic nitrogens is 4. The Morgan fingerprint density at radius 2 is 2.39 bits per heavy atom. The Hall–Kier alpha value is -1.82. The quantitative estimate of drug-likeness (QED) is 0.882. The van der Waals surface area contributed by atoms with E-state index in [-0.39, 0.29) is 11.6 Å². The highest BCUT2D eigenvalue weighted by Gasteiger charge is 2.13. The van der Waals surface area contributed by atoms with Crippen LogP contribution in [0.15, 0.2) is 12.4 Å². The SMILES string of the molecule is CCn1cc(CNC(=O)c2[nH]ncc2Cl)c(C)n1. The first-order valence-corrected chi connectivity index (χ1v) is 5.99. The fourth-order valence-corrected chi connectivity index (χ4v) is 1.77. The van der Waals surface area contributed by atoms with Gasteiger partial charge in [0.25, 0.3) is 5.91 Å². The lowest BCUT2D eigenvalue weighted by Gasteiger charge is -2.02. The van der Waals surface area contributed by atoms with Gasteiger partial charge in [0.2, 0.25) is 0 Å². The summed E-state index contributed by atoms with van der Waals surface area (Å²) in [5.74, 6) is -0.277. The number of carbonyl (C=O) groups excluding carboxylic acids is 1. The van der Waals surface area contributed by atoms with Gasteiger partial charge in [-0.1, -0.05) is 11.6 Å². The zero-order chi connectivity index (χ0) is 13.1. The van der Waals surface area contributed by atoms with E-state index in [1.165, 1.54) is 6.20 Å². The van der Waals surface area contributed by atoms with Gasteiger partial charge in [0.1, 0.15) is 5.69 Å². The van der Waals surface area contributed by atoms with Crippen molar-refractivity contribution in [2.75, 3.05) is 0 Å². The Balaban J connectivity index is 2.01. The molecule has 2 rings (SSSR count). The Morgan fingerprint density at radius 1 is 1.61 bits per heavy atom. The molecule has 0 saturated heterocycles. The van der Waals surface area contributed by atoms with Crippen LogP contribution in [0, 0.1) is 6.92 Å². The van der Waals surface area contributed by atoms with Crippen LogP contribution in [0.25, 0.3) is 0 Å². The van der Waals surface area contributed by atoms with Gasteiger partial charge in [0.05, 0.1) is 16.9 Å². The van der Waals surface area contributed by atoms with Crippen molar-refractivity contribution in [1.29, 1.82) is 0 Å². The molecule has 0 saturated carbocycles. The number of carbonyl (C=O) groups is 1. The number of rotatable bonds is 4. The van der Waals surface area contributed by atoms with Gasteiger partial charge in [-0.15, -0.1) is 0 Å². The van der Waals surface area contributed by atoms with Crippen molar-refractivity contribution in [1.82, 2.24) is 25.3 Å². The fraction of sp³-hybridized carbons (Fsp3) is 0.364. The van der Waals surface area contributed by atoms with Crippen LogP contribution in [0.2, 0.25) is 5.02 Å². The fourth-order valence-electron chi connectivity index (χ4n) is 1.59. The lowest BCUT2D eigenvalue weighted by Crippen LogP contribution is -2.23. The summed E-state index contributed by atoms with van der Waals surface area (Å²) >= 11 is 5.80. The molecule has 0 aliphatic carbocycles. The maximum atomic E-state index is 11.8. The van der Waals surface area contributed by atoms with Gasteiger partial charge in [-0.2, -0.15) is 10.2 Å². The van der Waals surface area contributed by atoms with Crippen LogP contribution in [0.5, 0.6) is 0 Å². The van der Waals surface area contributed by atoms with Crippen LogP contribution >= 0.6 is 11.6 Å². The van der Waals surface area contributed by atoms with Crippen molar-refractivity contribution in [2.24, 2.45) is 0 Å². The van der Waals surface area contributed by atoms with Crippen LogP contribution in [-0.4, -0.2) is 25.9 Å². The first kappa shape index (κ1) is 12.6. The predicted molar refractivity (Wildman–Crippen MR) is 67.4 cm³/mol. The molecule has 0 unspecified atom stereocenters. The third-order valence-electron chi connectivity index (χ3n) is 2.63. The summed E-state index contributed by atoms with van der Waals surface area (Å²) in [6.07, 6.45) is 3.32. The number of aromatic amines is 1. The predicted octanol–water partition coefficient (Wildman–Crippen LogP) is 1.52. The number of amides is 1. The van der Waals surface area contributed by atoms with Gasteiger partial charge < -0.3 is 5.32 Å². The van der Waals surface area contributed by atoms with E-state index < -0.39 is 0 Å². The third-order valence-corrected chi connectivity index (χ3v) is 2.92. The minimum Gasteiger partial charge on any atom is -0.346 e. The summed E-state index contributed by atoms with van der Waals surface area (Å²) in [4.78, 5) is 11.8. The molecule has 6 nitrogen and oxygen atoms in total. The zero-order valence-corrected chi connectivity index (χ0v) is 11.0. The molecular formula is C11H14ClN5O. The molecule has 0 fully saturated rings. The summed E-state index contributed by atoms with van der Waals surface area (Å²) in [6.45, 7) is 5.15. The van der Waals surface area contributed by atoms with E-state index in [0.717, 1.165) is 17.8 Å². The van der Waals surface area contributed by atoms with Crippen molar-refractivity contribution < 1.29 is 4.79 Å². The summed E-state index contributed by atoms with van der Waals surface area (Å²) in [7, 11) is 0. The molecule has 2 aromatic rings. The lowest BCUT2D eigenvalue weighted by atomic mass is 10.2. The molecule has 2 heterocycles. The molecule has 7 heteroatoms. The van der Waals surface area contributed by atoms with E-state index in [2.05, 4.69) is 20.6 Å². The Morgan fingerprint density at radius 3 is 2.94 bits per heavy atom. The van der Waals surface area contributed by atoms with Crippen molar-refractivity contribution >= 4 is 17.5 Å². The Labute approximate surface area is 109 Å². The van der Waals surface area contributed by atoms with Crippen LogP contribution in [0.3, 0.4) is 0 Å². The van der Waals surface area contributed by atoms with Gasteiger partial charge >= 0.3 is 0 Å². The smallest absolute Gasteiger partial charge is 0.271 e. The molecule has 0 aliphatic rings. The van der Waals surface area contributed by atoms with Crippen molar-refractivity contribution in [2.45, 2.75) is 26.9 Å². The standard InChI is InChI=1S/C11H14ClN5O/c1-3-17-6-8(7(2)16-17)4-13-11(18)10-9(12)5-14-15-10/h5-6H,3-4H2,1-2H3,(H,13,18)(H,14,15). The Kier molecular flexibility index (Phi) is 3.66. The zero-order valence-electron chi connectivity index (χ0n) is 10.2. The second-order valence-electron chi connectivity index (χ2n) is 3.87. The maximum absolute atomic E-state index is 11.8. The summed E-state index contributed by atoms with van der Waals surface area (Å²) in [5.41, 5.74) is 2.17. The summed E-state index contributed by atoms with van der Waals surface area (Å²) < 4.78 is 1.83. The topological polar surface area (TPSA) is 75.6 Å². The van der Waals surface area contributed by atoms with Crippen LogP contribution in [0.4, 0.5) is 0 Å². The highest BCUT2D eigenvalue weighted by Crippen LogP contribution is 2.11. The second kappa shape index (κ2) is 5.22. The molecule has 2 N–H and O–H groups in total. The molecular weight excluding hydrogens is 254 g/mol. The van der Waals surface area contributed by atoms with Crippen molar-refractivity contribution in [3.8, 4) is 0 Å². The molecule has 18 heavy (non-hydrogen) atoms. The van der Waals surface area contributed by atoms with Crippen LogP contribution in [-0.2, 0) is 13.1 Å². The minimum atomic E-state index is -0.277. The number of hydrogen-bond acceptors (Lipinski definition) is 3. The average molecular weight is 268 g/mol. The highest BCUT2D eigenvalue weighted by molar-refractivity contribution is 6.33. The number of halogens is 1. The molecule has 0 spiro atoms. The number of nitrogens with one attached hydrogen (secondary N) is 2. The van der Waals surface area contributed by atoms with Crippen molar-refractivity contribution in [3.05, 3.63) is 34.4 Å². The van der Waals surface area contributed by atoms with E-state index in [1.807, 2.05) is 24.7 Å². The number of hydrogen-bond donors (Lipinski definition) is 2. The summed E-state index contributed by atoms with van der Waals surface area (Å²) in [6, 6.07) is 0. The molecule has 96 valence electrons. The molecule has 1 amide bonds. The second-order valence-corrected chi connectivity index (χ2v) is 4.28. The number of nitrogens with zero attached hydrogens (tertiary/aromatic N) is 3. The largest absolute Gasteiger partial charge is 0.346 e. The van der Waals surface area contributed by atoms with E-state index >= 15 is 0 Å². The molecule has 0 aromatic carbocycles. The van der Waals surface area contributed by atoms with E-state index in [1.54, 1.807) is 0 Å². The minimum absolute atomic E-state index is 0.275. The highest BCUT2D eigenvalue weighted by atomic mass is 35.5. The molecule has 0 radical (unpaired) electrons. The van der Waals surface area contributed by atoms with E-state index in [0.29, 0.717) is 11.6 Å². The molecule has 0 bridgehead atoms. The van der Waals surface area contributed by atoms with Gasteiger partial charge in [-0.05, 0) is 13.8 Å². The van der Waals surface area contributed by atoms with Gasteiger partial charge in [0, 0.05) is 24.8 Å². The first-order valence-electron chi connectivity index (χ1n) is 5.61. The van der Waals surface area contributed by atoms with Crippen LogP contribution in [0.1, 0.15) is 28.7 Å². The lowest BCUT2D eigenvalue weighted by molar-refractivity contribution is 0.0946. The van der Waals surface area contributed by atoms with Crippen molar-refractivity contribution in [3.63, 3.8) is 0 Å². The Bertz CT molecular complexity index is 560. The van der Waals surface area contributed by atoms with Crippen LogP contribution < -0.4 is 5.32 Å². The molecule has 2 aromatic heterocycles. The normalized spacial score (nSPS) is 10.6. The monoisotopic (exact) mass is 267 g/mol. The van der Waals surface area contributed by atoms with E-state index in [4.69, 9.17) is 11.6 Å². The number of H-pyrrole nitrogens is 1. The first-order chi connectivity index (χ1) is 8.61.